The van der Waals surface area contributed by atoms with Crippen molar-refractivity contribution in [1.29, 1.82) is 0 Å². The lowest BCUT2D eigenvalue weighted by Gasteiger charge is -2.25. The lowest BCUT2D eigenvalue weighted by Crippen LogP contribution is -2.27. The number of furan rings is 1. The van der Waals surface area contributed by atoms with E-state index in [0.29, 0.717) is 6.54 Å². The van der Waals surface area contributed by atoms with E-state index >= 15 is 0 Å². The third-order valence-corrected chi connectivity index (χ3v) is 5.18. The van der Waals surface area contributed by atoms with Crippen LogP contribution in [-0.4, -0.2) is 25.2 Å². The van der Waals surface area contributed by atoms with Crippen molar-refractivity contribution in [2.24, 2.45) is 0 Å². The van der Waals surface area contributed by atoms with Gasteiger partial charge in [-0.1, -0.05) is 12.8 Å². The fourth-order valence-corrected chi connectivity index (χ4v) is 3.73. The summed E-state index contributed by atoms with van der Waals surface area (Å²) in [4.78, 5) is 7.50. The van der Waals surface area contributed by atoms with Crippen molar-refractivity contribution in [2.45, 2.75) is 38.8 Å². The van der Waals surface area contributed by atoms with Gasteiger partial charge in [-0.05, 0) is 43.2 Å². The van der Waals surface area contributed by atoms with Crippen LogP contribution in [0.15, 0.2) is 47.1 Å². The molecule has 0 radical (unpaired) electrons. The summed E-state index contributed by atoms with van der Waals surface area (Å²) in [7, 11) is 1.70. The molecule has 2 aromatic heterocycles. The van der Waals surface area contributed by atoms with E-state index in [4.69, 9.17) is 14.1 Å². The Morgan fingerprint density at radius 2 is 1.93 bits per heavy atom. The van der Waals surface area contributed by atoms with E-state index in [2.05, 4.69) is 22.3 Å². The zero-order chi connectivity index (χ0) is 18.5. The predicted molar refractivity (Wildman–Crippen MR) is 108 cm³/mol. The Morgan fingerprint density at radius 3 is 2.67 bits per heavy atom. The number of anilines is 1. The minimum Gasteiger partial charge on any atom is -0.497 e. The normalized spacial score (nSPS) is 15.1. The van der Waals surface area contributed by atoms with Gasteiger partial charge in [-0.2, -0.15) is 0 Å². The Hall–Kier alpha value is -2.53. The molecule has 142 valence electrons. The Bertz CT molecular complexity index is 869. The highest BCUT2D eigenvalue weighted by molar-refractivity contribution is 5.83. The van der Waals surface area contributed by atoms with Gasteiger partial charge in [-0.15, -0.1) is 0 Å². The molecule has 27 heavy (non-hydrogen) atoms. The number of rotatable bonds is 6. The average molecular weight is 365 g/mol. The Kier molecular flexibility index (Phi) is 5.58. The Labute approximate surface area is 160 Å². The van der Waals surface area contributed by atoms with E-state index in [1.54, 1.807) is 13.4 Å². The van der Waals surface area contributed by atoms with Gasteiger partial charge in [0.05, 0.1) is 25.4 Å². The van der Waals surface area contributed by atoms with E-state index in [9.17, 15) is 0 Å². The van der Waals surface area contributed by atoms with Gasteiger partial charge in [0.15, 0.2) is 0 Å². The van der Waals surface area contributed by atoms with E-state index in [1.807, 2.05) is 24.3 Å². The van der Waals surface area contributed by atoms with Crippen molar-refractivity contribution in [3.8, 4) is 5.75 Å². The molecule has 3 aromatic rings. The van der Waals surface area contributed by atoms with Crippen LogP contribution < -0.4 is 15.0 Å². The Balaban J connectivity index is 1.64. The zero-order valence-electron chi connectivity index (χ0n) is 15.9. The molecule has 1 saturated heterocycles. The number of hydrogen-bond donors (Lipinski definition) is 1. The molecule has 0 saturated carbocycles. The smallest absolute Gasteiger partial charge is 0.133 e. The summed E-state index contributed by atoms with van der Waals surface area (Å²) in [5.41, 5.74) is 2.23. The maximum absolute atomic E-state index is 5.43. The van der Waals surface area contributed by atoms with Crippen LogP contribution in [-0.2, 0) is 13.1 Å². The summed E-state index contributed by atoms with van der Waals surface area (Å²) in [5, 5.41) is 4.64. The van der Waals surface area contributed by atoms with E-state index in [1.165, 1.54) is 31.2 Å². The molecule has 1 aliphatic heterocycles. The summed E-state index contributed by atoms with van der Waals surface area (Å²) < 4.78 is 10.8. The number of methoxy groups -OCH3 is 1. The summed E-state index contributed by atoms with van der Waals surface area (Å²) in [6, 6.07) is 12.3. The molecule has 1 fully saturated rings. The Morgan fingerprint density at radius 1 is 1.07 bits per heavy atom. The summed E-state index contributed by atoms with van der Waals surface area (Å²) >= 11 is 0. The molecular weight excluding hydrogens is 338 g/mol. The topological polar surface area (TPSA) is 50.5 Å². The molecule has 0 amide bonds. The molecule has 0 spiro atoms. The van der Waals surface area contributed by atoms with Gasteiger partial charge in [0.25, 0.3) is 0 Å². The van der Waals surface area contributed by atoms with Gasteiger partial charge < -0.3 is 19.4 Å². The largest absolute Gasteiger partial charge is 0.497 e. The average Bonchev–Trinajstić information content (AvgIpc) is 3.07. The zero-order valence-corrected chi connectivity index (χ0v) is 15.9. The molecule has 4 rings (SSSR count). The van der Waals surface area contributed by atoms with Crippen LogP contribution >= 0.6 is 0 Å². The van der Waals surface area contributed by atoms with Gasteiger partial charge in [0, 0.05) is 36.7 Å². The molecule has 5 heteroatoms. The highest BCUT2D eigenvalue weighted by Gasteiger charge is 2.16. The highest BCUT2D eigenvalue weighted by Crippen LogP contribution is 2.28. The van der Waals surface area contributed by atoms with E-state index < -0.39 is 0 Å². The number of nitrogens with zero attached hydrogens (tertiary/aromatic N) is 2. The predicted octanol–water partition coefficient (Wildman–Crippen LogP) is 4.51. The molecular formula is C22H27N3O2. The second kappa shape index (κ2) is 8.44. The van der Waals surface area contributed by atoms with Crippen molar-refractivity contribution in [2.75, 3.05) is 25.1 Å². The molecule has 1 aromatic carbocycles. The molecule has 0 atom stereocenters. The molecule has 0 bridgehead atoms. The van der Waals surface area contributed by atoms with Gasteiger partial charge >= 0.3 is 0 Å². The summed E-state index contributed by atoms with van der Waals surface area (Å²) in [6.07, 6.45) is 6.80. The van der Waals surface area contributed by atoms with Crippen LogP contribution in [0.5, 0.6) is 5.75 Å². The van der Waals surface area contributed by atoms with Gasteiger partial charge in [-0.25, -0.2) is 4.98 Å². The fraction of sp³-hybridized carbons (Fsp3) is 0.409. The monoisotopic (exact) mass is 365 g/mol. The van der Waals surface area contributed by atoms with Gasteiger partial charge in [-0.3, -0.25) is 0 Å². The number of hydrogen-bond acceptors (Lipinski definition) is 5. The standard InChI is InChI=1S/C22H27N3O2/c1-26-19-9-8-17-13-18(15-23-16-20-7-6-12-27-20)22(24-21(17)14-19)25-10-4-2-3-5-11-25/h6-9,12-14,23H,2-5,10-11,15-16H2,1H3. The first-order valence-corrected chi connectivity index (χ1v) is 9.79. The van der Waals surface area contributed by atoms with Gasteiger partial charge in [0.1, 0.15) is 17.3 Å². The molecule has 3 heterocycles. The van der Waals surface area contributed by atoms with E-state index in [-0.39, 0.29) is 0 Å². The van der Waals surface area contributed by atoms with Crippen LogP contribution in [0, 0.1) is 0 Å². The van der Waals surface area contributed by atoms with Gasteiger partial charge in [0.2, 0.25) is 0 Å². The molecule has 0 unspecified atom stereocenters. The second-order valence-corrected chi connectivity index (χ2v) is 7.11. The fourth-order valence-electron chi connectivity index (χ4n) is 3.73. The van der Waals surface area contributed by atoms with E-state index in [0.717, 1.165) is 47.9 Å². The second-order valence-electron chi connectivity index (χ2n) is 7.11. The number of nitrogens with one attached hydrogen (secondary N) is 1. The van der Waals surface area contributed by atoms with Crippen LogP contribution in [0.3, 0.4) is 0 Å². The third kappa shape index (κ3) is 4.25. The number of pyridine rings is 1. The first-order chi connectivity index (χ1) is 13.3. The quantitative estimate of drug-likeness (QED) is 0.697. The number of benzene rings is 1. The lowest BCUT2D eigenvalue weighted by molar-refractivity contribution is 0.415. The molecule has 1 aliphatic rings. The SMILES string of the molecule is COc1ccc2cc(CNCc3ccco3)c(N3CCCCCC3)nc2c1. The van der Waals surface area contributed by atoms with Crippen molar-refractivity contribution < 1.29 is 9.15 Å². The molecule has 1 N–H and O–H groups in total. The van der Waals surface area contributed by atoms with Crippen LogP contribution in [0.4, 0.5) is 5.82 Å². The number of ether oxygens (including phenoxy) is 1. The summed E-state index contributed by atoms with van der Waals surface area (Å²) in [5.74, 6) is 2.90. The van der Waals surface area contributed by atoms with Crippen molar-refractivity contribution in [3.63, 3.8) is 0 Å². The minimum atomic E-state index is 0.715. The lowest BCUT2D eigenvalue weighted by atomic mass is 10.1. The van der Waals surface area contributed by atoms with Crippen LogP contribution in [0.1, 0.15) is 37.0 Å². The number of aromatic nitrogens is 1. The van der Waals surface area contributed by atoms with Crippen molar-refractivity contribution >= 4 is 16.7 Å². The highest BCUT2D eigenvalue weighted by atomic mass is 16.5. The maximum Gasteiger partial charge on any atom is 0.133 e. The summed E-state index contributed by atoms with van der Waals surface area (Å²) in [6.45, 7) is 3.63. The first-order valence-electron chi connectivity index (χ1n) is 9.79. The van der Waals surface area contributed by atoms with Crippen LogP contribution in [0.2, 0.25) is 0 Å². The van der Waals surface area contributed by atoms with Crippen molar-refractivity contribution in [1.82, 2.24) is 10.3 Å². The molecule has 5 nitrogen and oxygen atoms in total. The minimum absolute atomic E-state index is 0.715. The first kappa shape index (κ1) is 17.9. The third-order valence-electron chi connectivity index (χ3n) is 5.18. The van der Waals surface area contributed by atoms with Crippen LogP contribution in [0.25, 0.3) is 10.9 Å². The number of fused-ring (bicyclic) bond motifs is 1. The molecule has 0 aliphatic carbocycles. The van der Waals surface area contributed by atoms with Crippen molar-refractivity contribution in [3.05, 3.63) is 54.0 Å². The maximum atomic E-state index is 5.43.